The summed E-state index contributed by atoms with van der Waals surface area (Å²) in [5.41, 5.74) is 5.89. The summed E-state index contributed by atoms with van der Waals surface area (Å²) in [4.78, 5) is 51.4. The summed E-state index contributed by atoms with van der Waals surface area (Å²) in [5.74, 6) is -1.88. The molecule has 2 fully saturated rings. The first kappa shape index (κ1) is 25.1. The van der Waals surface area contributed by atoms with Crippen molar-refractivity contribution in [3.8, 4) is 0 Å². The van der Waals surface area contributed by atoms with Crippen LogP contribution in [-0.4, -0.2) is 64.4 Å². The van der Waals surface area contributed by atoms with E-state index in [0.29, 0.717) is 38.1 Å². The second kappa shape index (κ2) is 12.0. The number of carboxylic acids is 1. The molecule has 9 nitrogen and oxygen atoms in total. The predicted molar refractivity (Wildman–Crippen MR) is 116 cm³/mol. The third-order valence-corrected chi connectivity index (χ3v) is 6.55. The van der Waals surface area contributed by atoms with E-state index in [1.54, 1.807) is 6.92 Å². The Morgan fingerprint density at radius 3 is 2.23 bits per heavy atom. The van der Waals surface area contributed by atoms with Crippen LogP contribution >= 0.6 is 0 Å². The lowest BCUT2D eigenvalue weighted by atomic mass is 9.84. The third-order valence-electron chi connectivity index (χ3n) is 6.55. The minimum Gasteiger partial charge on any atom is -0.480 e. The van der Waals surface area contributed by atoms with Crippen molar-refractivity contribution < 1.29 is 24.3 Å². The summed E-state index contributed by atoms with van der Waals surface area (Å²) in [6.07, 6.45) is 7.81. The van der Waals surface area contributed by atoms with E-state index in [4.69, 9.17) is 5.73 Å². The molecule has 1 heterocycles. The highest BCUT2D eigenvalue weighted by molar-refractivity contribution is 5.94. The summed E-state index contributed by atoms with van der Waals surface area (Å²) in [5, 5.41) is 14.7. The first-order valence-electron chi connectivity index (χ1n) is 11.7. The summed E-state index contributed by atoms with van der Waals surface area (Å²) in [7, 11) is 0. The second-order valence-corrected chi connectivity index (χ2v) is 8.81. The number of carbonyl (C=O) groups excluding carboxylic acids is 3. The quantitative estimate of drug-likeness (QED) is 0.403. The van der Waals surface area contributed by atoms with Crippen LogP contribution < -0.4 is 16.4 Å². The van der Waals surface area contributed by atoms with Crippen molar-refractivity contribution in [3.63, 3.8) is 0 Å². The molecule has 0 aromatic carbocycles. The van der Waals surface area contributed by atoms with Crippen LogP contribution in [-0.2, 0) is 19.2 Å². The van der Waals surface area contributed by atoms with Gasteiger partial charge in [0.2, 0.25) is 17.7 Å². The fourth-order valence-electron chi connectivity index (χ4n) is 4.56. The molecule has 0 aromatic rings. The average Bonchev–Trinajstić information content (AvgIpc) is 3.26. The molecule has 5 N–H and O–H groups in total. The summed E-state index contributed by atoms with van der Waals surface area (Å²) in [6, 6.07) is -3.10. The third kappa shape index (κ3) is 6.92. The fourth-order valence-corrected chi connectivity index (χ4v) is 4.56. The lowest BCUT2D eigenvalue weighted by Crippen LogP contribution is -2.56. The van der Waals surface area contributed by atoms with E-state index in [1.807, 2.05) is 6.92 Å². The number of amides is 3. The number of hydrogen-bond acceptors (Lipinski definition) is 5. The Bertz CT molecular complexity index is 650. The van der Waals surface area contributed by atoms with Gasteiger partial charge in [-0.2, -0.15) is 0 Å². The first-order valence-corrected chi connectivity index (χ1v) is 11.7. The zero-order chi connectivity index (χ0) is 23.0. The number of rotatable bonds is 10. The minimum absolute atomic E-state index is 0.245. The Labute approximate surface area is 184 Å². The SMILES string of the molecule is CC[C@H](NC(=O)[C@H](CC1CCCCC1)NC(=O)[C@@H]1CCCN1C(=O)[C@@H](N)CC)C(=O)O. The molecule has 0 aromatic heterocycles. The highest BCUT2D eigenvalue weighted by Crippen LogP contribution is 2.28. The fraction of sp³-hybridized carbons (Fsp3) is 0.818. The number of nitrogens with zero attached hydrogens (tertiary/aromatic N) is 1. The van der Waals surface area contributed by atoms with E-state index in [-0.39, 0.29) is 18.2 Å². The number of carbonyl (C=O) groups is 4. The summed E-state index contributed by atoms with van der Waals surface area (Å²) >= 11 is 0. The van der Waals surface area contributed by atoms with Gasteiger partial charge in [0, 0.05) is 6.54 Å². The van der Waals surface area contributed by atoms with Crippen molar-refractivity contribution in [1.29, 1.82) is 0 Å². The Kier molecular flexibility index (Phi) is 9.74. The van der Waals surface area contributed by atoms with Crippen molar-refractivity contribution in [1.82, 2.24) is 15.5 Å². The van der Waals surface area contributed by atoms with Crippen molar-refractivity contribution >= 4 is 23.7 Å². The lowest BCUT2D eigenvalue weighted by molar-refractivity contribution is -0.143. The molecular weight excluding hydrogens is 400 g/mol. The Balaban J connectivity index is 2.11. The van der Waals surface area contributed by atoms with Crippen LogP contribution in [0.15, 0.2) is 0 Å². The number of carboxylic acid groups (broad SMARTS) is 1. The van der Waals surface area contributed by atoms with Crippen molar-refractivity contribution in [2.24, 2.45) is 11.7 Å². The van der Waals surface area contributed by atoms with Crippen LogP contribution in [0.1, 0.15) is 78.1 Å². The zero-order valence-electron chi connectivity index (χ0n) is 18.8. The van der Waals surface area contributed by atoms with Gasteiger partial charge in [-0.25, -0.2) is 4.79 Å². The number of hydrogen-bond donors (Lipinski definition) is 4. The molecule has 1 saturated carbocycles. The maximum Gasteiger partial charge on any atom is 0.326 e. The molecule has 2 aliphatic rings. The Morgan fingerprint density at radius 1 is 0.968 bits per heavy atom. The average molecular weight is 439 g/mol. The minimum atomic E-state index is -1.10. The van der Waals surface area contributed by atoms with Gasteiger partial charge in [0.15, 0.2) is 0 Å². The van der Waals surface area contributed by atoms with E-state index in [9.17, 15) is 24.3 Å². The maximum atomic E-state index is 13.1. The molecule has 3 amide bonds. The van der Waals surface area contributed by atoms with Crippen LogP contribution in [0, 0.1) is 5.92 Å². The molecule has 1 aliphatic heterocycles. The molecule has 0 radical (unpaired) electrons. The topological polar surface area (TPSA) is 142 Å². The van der Waals surface area contributed by atoms with Crippen LogP contribution in [0.2, 0.25) is 0 Å². The van der Waals surface area contributed by atoms with Crippen molar-refractivity contribution in [2.45, 2.75) is 102 Å². The lowest BCUT2D eigenvalue weighted by Gasteiger charge is -2.30. The van der Waals surface area contributed by atoms with Gasteiger partial charge in [-0.15, -0.1) is 0 Å². The molecular formula is C22H38N4O5. The number of nitrogens with one attached hydrogen (secondary N) is 2. The molecule has 2 rings (SSSR count). The summed E-state index contributed by atoms with van der Waals surface area (Å²) in [6.45, 7) is 3.98. The van der Waals surface area contributed by atoms with Gasteiger partial charge in [0.05, 0.1) is 6.04 Å². The smallest absolute Gasteiger partial charge is 0.326 e. The number of nitrogens with two attached hydrogens (primary N) is 1. The predicted octanol–water partition coefficient (Wildman–Crippen LogP) is 1.15. The van der Waals surface area contributed by atoms with Gasteiger partial charge in [-0.05, 0) is 38.0 Å². The maximum absolute atomic E-state index is 13.1. The molecule has 31 heavy (non-hydrogen) atoms. The van der Waals surface area contributed by atoms with E-state index < -0.39 is 36.0 Å². The van der Waals surface area contributed by atoms with Crippen LogP contribution in [0.25, 0.3) is 0 Å². The molecule has 1 aliphatic carbocycles. The van der Waals surface area contributed by atoms with Crippen LogP contribution in [0.3, 0.4) is 0 Å². The first-order chi connectivity index (χ1) is 14.8. The van der Waals surface area contributed by atoms with E-state index >= 15 is 0 Å². The van der Waals surface area contributed by atoms with Gasteiger partial charge >= 0.3 is 5.97 Å². The van der Waals surface area contributed by atoms with Crippen LogP contribution in [0.4, 0.5) is 0 Å². The largest absolute Gasteiger partial charge is 0.480 e. The number of likely N-dealkylation sites (tertiary alicyclic amines) is 1. The Hall–Kier alpha value is -2.16. The van der Waals surface area contributed by atoms with Gasteiger partial charge in [0.25, 0.3) is 0 Å². The van der Waals surface area contributed by atoms with E-state index in [0.717, 1.165) is 25.7 Å². The highest BCUT2D eigenvalue weighted by atomic mass is 16.4. The van der Waals surface area contributed by atoms with Gasteiger partial charge in [0.1, 0.15) is 18.1 Å². The number of aliphatic carboxylic acids is 1. The molecule has 1 saturated heterocycles. The molecule has 4 atom stereocenters. The van der Waals surface area contributed by atoms with E-state index in [2.05, 4.69) is 10.6 Å². The normalized spacial score (nSPS) is 22.4. The van der Waals surface area contributed by atoms with Crippen molar-refractivity contribution in [3.05, 3.63) is 0 Å². The highest BCUT2D eigenvalue weighted by Gasteiger charge is 2.38. The van der Waals surface area contributed by atoms with E-state index in [1.165, 1.54) is 11.3 Å². The summed E-state index contributed by atoms with van der Waals surface area (Å²) < 4.78 is 0. The molecule has 0 bridgehead atoms. The second-order valence-electron chi connectivity index (χ2n) is 8.81. The molecule has 0 spiro atoms. The molecule has 9 heteroatoms. The molecule has 0 unspecified atom stereocenters. The molecule has 176 valence electrons. The monoisotopic (exact) mass is 438 g/mol. The van der Waals surface area contributed by atoms with Crippen molar-refractivity contribution in [2.75, 3.05) is 6.54 Å². The Morgan fingerprint density at radius 2 is 1.65 bits per heavy atom. The standard InChI is InChI=1S/C22H38N4O5/c1-3-15(23)21(29)26-12-8-11-18(26)20(28)25-17(13-14-9-6-5-7-10-14)19(27)24-16(4-2)22(30)31/h14-18H,3-13,23H2,1-2H3,(H,24,27)(H,25,28)(H,30,31)/t15-,16-,17-,18-/m0/s1. The van der Waals surface area contributed by atoms with Gasteiger partial charge in [-0.1, -0.05) is 46.0 Å². The van der Waals surface area contributed by atoms with Gasteiger partial charge < -0.3 is 26.4 Å². The zero-order valence-corrected chi connectivity index (χ0v) is 18.8. The van der Waals surface area contributed by atoms with Gasteiger partial charge in [-0.3, -0.25) is 14.4 Å². The van der Waals surface area contributed by atoms with Crippen LogP contribution in [0.5, 0.6) is 0 Å².